The highest BCUT2D eigenvalue weighted by Gasteiger charge is 2.07. The van der Waals surface area contributed by atoms with Crippen LogP contribution in [0.1, 0.15) is 18.1 Å². The molecular formula is C18H20Cl2N2O2. The molecule has 0 saturated carbocycles. The molecule has 2 aromatic rings. The van der Waals surface area contributed by atoms with Gasteiger partial charge in [-0.2, -0.15) is 0 Å². The second-order valence-electron chi connectivity index (χ2n) is 5.16. The van der Waals surface area contributed by atoms with Gasteiger partial charge in [0.15, 0.2) is 0 Å². The number of para-hydroxylation sites is 1. The number of rotatable bonds is 7. The van der Waals surface area contributed by atoms with Gasteiger partial charge in [0.2, 0.25) is 0 Å². The maximum Gasteiger partial charge on any atom is 0.319 e. The van der Waals surface area contributed by atoms with Gasteiger partial charge in [-0.15, -0.1) is 0 Å². The molecule has 0 heterocycles. The molecular weight excluding hydrogens is 347 g/mol. The highest BCUT2D eigenvalue weighted by molar-refractivity contribution is 6.35. The third-order valence-electron chi connectivity index (χ3n) is 3.42. The van der Waals surface area contributed by atoms with Gasteiger partial charge in [0.1, 0.15) is 0 Å². The molecule has 4 nitrogen and oxygen atoms in total. The molecule has 0 saturated heterocycles. The second-order valence-corrected chi connectivity index (χ2v) is 6.00. The first kappa shape index (κ1) is 18.6. The van der Waals surface area contributed by atoms with Crippen LogP contribution in [-0.4, -0.2) is 19.2 Å². The fourth-order valence-electron chi connectivity index (χ4n) is 2.18. The average molecular weight is 367 g/mol. The molecule has 0 fully saturated rings. The van der Waals surface area contributed by atoms with Gasteiger partial charge in [0.05, 0.1) is 6.61 Å². The monoisotopic (exact) mass is 366 g/mol. The van der Waals surface area contributed by atoms with E-state index >= 15 is 0 Å². The predicted molar refractivity (Wildman–Crippen MR) is 99.0 cm³/mol. The molecule has 2 aromatic carbocycles. The van der Waals surface area contributed by atoms with Crippen molar-refractivity contribution in [2.75, 3.05) is 18.5 Å². The van der Waals surface area contributed by atoms with Crippen LogP contribution in [0.25, 0.3) is 0 Å². The van der Waals surface area contributed by atoms with Crippen LogP contribution >= 0.6 is 23.2 Å². The Kier molecular flexibility index (Phi) is 7.37. The van der Waals surface area contributed by atoms with Gasteiger partial charge in [0, 0.05) is 34.4 Å². The van der Waals surface area contributed by atoms with Crippen molar-refractivity contribution < 1.29 is 9.53 Å². The molecule has 0 aliphatic heterocycles. The maximum absolute atomic E-state index is 12.1. The molecule has 0 atom stereocenters. The van der Waals surface area contributed by atoms with E-state index in [1.807, 2.05) is 37.3 Å². The number of benzene rings is 2. The van der Waals surface area contributed by atoms with E-state index in [9.17, 15) is 4.79 Å². The molecule has 6 heteroatoms. The highest BCUT2D eigenvalue weighted by Crippen LogP contribution is 2.21. The lowest BCUT2D eigenvalue weighted by atomic mass is 10.1. The SMILES string of the molecule is CCOCc1ccccc1NC(=O)NCCc1ccc(Cl)cc1Cl. The molecule has 24 heavy (non-hydrogen) atoms. The van der Waals surface area contributed by atoms with Crippen molar-refractivity contribution in [1.82, 2.24) is 5.32 Å². The molecule has 0 radical (unpaired) electrons. The number of ether oxygens (including phenoxy) is 1. The van der Waals surface area contributed by atoms with Crippen molar-refractivity contribution in [3.63, 3.8) is 0 Å². The summed E-state index contributed by atoms with van der Waals surface area (Å²) >= 11 is 12.0. The molecule has 2 rings (SSSR count). The van der Waals surface area contributed by atoms with Crippen molar-refractivity contribution in [3.05, 3.63) is 63.6 Å². The zero-order valence-corrected chi connectivity index (χ0v) is 15.0. The Morgan fingerprint density at radius 2 is 1.92 bits per heavy atom. The average Bonchev–Trinajstić information content (AvgIpc) is 2.56. The van der Waals surface area contributed by atoms with E-state index in [-0.39, 0.29) is 6.03 Å². The number of anilines is 1. The number of halogens is 2. The van der Waals surface area contributed by atoms with Crippen LogP contribution in [0.5, 0.6) is 0 Å². The van der Waals surface area contributed by atoms with Crippen LogP contribution in [0, 0.1) is 0 Å². The van der Waals surface area contributed by atoms with E-state index in [2.05, 4.69) is 10.6 Å². The second kappa shape index (κ2) is 9.52. The molecule has 2 amide bonds. The molecule has 0 aliphatic rings. The van der Waals surface area contributed by atoms with Crippen LogP contribution in [0.2, 0.25) is 10.0 Å². The molecule has 0 aliphatic carbocycles. The summed E-state index contributed by atoms with van der Waals surface area (Å²) < 4.78 is 5.41. The Morgan fingerprint density at radius 3 is 2.67 bits per heavy atom. The zero-order valence-electron chi connectivity index (χ0n) is 13.4. The quantitative estimate of drug-likeness (QED) is 0.732. The number of carbonyl (C=O) groups excluding carboxylic acids is 1. The topological polar surface area (TPSA) is 50.4 Å². The van der Waals surface area contributed by atoms with Crippen LogP contribution in [0.3, 0.4) is 0 Å². The van der Waals surface area contributed by atoms with Crippen molar-refractivity contribution in [2.24, 2.45) is 0 Å². The lowest BCUT2D eigenvalue weighted by Gasteiger charge is -2.12. The van der Waals surface area contributed by atoms with E-state index in [0.717, 1.165) is 16.8 Å². The fourth-order valence-corrected chi connectivity index (χ4v) is 2.68. The third-order valence-corrected chi connectivity index (χ3v) is 4.01. The van der Waals surface area contributed by atoms with E-state index < -0.39 is 0 Å². The van der Waals surface area contributed by atoms with E-state index in [0.29, 0.717) is 36.2 Å². The Balaban J connectivity index is 1.85. The molecule has 128 valence electrons. The number of hydrogen-bond acceptors (Lipinski definition) is 2. The van der Waals surface area contributed by atoms with Gasteiger partial charge in [-0.3, -0.25) is 0 Å². The van der Waals surface area contributed by atoms with Gasteiger partial charge in [-0.1, -0.05) is 47.5 Å². The van der Waals surface area contributed by atoms with E-state index in [1.54, 1.807) is 12.1 Å². The van der Waals surface area contributed by atoms with E-state index in [1.165, 1.54) is 0 Å². The lowest BCUT2D eigenvalue weighted by molar-refractivity contribution is 0.134. The molecule has 0 bridgehead atoms. The standard InChI is InChI=1S/C18H20Cl2N2O2/c1-2-24-12-14-5-3-4-6-17(14)22-18(23)21-10-9-13-7-8-15(19)11-16(13)20/h3-8,11H,2,9-10,12H2,1H3,(H2,21,22,23). The summed E-state index contributed by atoms with van der Waals surface area (Å²) in [4.78, 5) is 12.1. The Morgan fingerprint density at radius 1 is 1.12 bits per heavy atom. The number of nitrogens with one attached hydrogen (secondary N) is 2. The van der Waals surface area contributed by atoms with Crippen LogP contribution in [0.4, 0.5) is 10.5 Å². The Hall–Kier alpha value is -1.75. The van der Waals surface area contributed by atoms with Crippen LogP contribution < -0.4 is 10.6 Å². The Bertz CT molecular complexity index is 692. The van der Waals surface area contributed by atoms with Gasteiger partial charge in [0.25, 0.3) is 0 Å². The largest absolute Gasteiger partial charge is 0.377 e. The minimum absolute atomic E-state index is 0.260. The van der Waals surface area contributed by atoms with Crippen molar-refractivity contribution in [1.29, 1.82) is 0 Å². The first-order chi connectivity index (χ1) is 11.6. The van der Waals surface area contributed by atoms with Crippen LogP contribution in [-0.2, 0) is 17.8 Å². The molecule has 2 N–H and O–H groups in total. The molecule has 0 aromatic heterocycles. The van der Waals surface area contributed by atoms with Crippen molar-refractivity contribution in [3.8, 4) is 0 Å². The Labute approximate surface area is 152 Å². The summed E-state index contributed by atoms with van der Waals surface area (Å²) in [7, 11) is 0. The number of urea groups is 1. The van der Waals surface area contributed by atoms with Crippen LogP contribution in [0.15, 0.2) is 42.5 Å². The zero-order chi connectivity index (χ0) is 17.4. The van der Waals surface area contributed by atoms with Crippen molar-refractivity contribution in [2.45, 2.75) is 20.0 Å². The van der Waals surface area contributed by atoms with Gasteiger partial charge in [-0.25, -0.2) is 4.79 Å². The first-order valence-electron chi connectivity index (χ1n) is 7.74. The highest BCUT2D eigenvalue weighted by atomic mass is 35.5. The lowest BCUT2D eigenvalue weighted by Crippen LogP contribution is -2.30. The molecule has 0 unspecified atom stereocenters. The first-order valence-corrected chi connectivity index (χ1v) is 8.50. The summed E-state index contributed by atoms with van der Waals surface area (Å²) in [5, 5.41) is 6.87. The maximum atomic E-state index is 12.1. The minimum Gasteiger partial charge on any atom is -0.377 e. The van der Waals surface area contributed by atoms with E-state index in [4.69, 9.17) is 27.9 Å². The normalized spacial score (nSPS) is 10.5. The third kappa shape index (κ3) is 5.71. The predicted octanol–water partition coefficient (Wildman–Crippen LogP) is 4.89. The summed E-state index contributed by atoms with van der Waals surface area (Å²) in [6, 6.07) is 12.7. The van der Waals surface area contributed by atoms with Crippen molar-refractivity contribution >= 4 is 34.9 Å². The summed E-state index contributed by atoms with van der Waals surface area (Å²) in [6.45, 7) is 3.50. The summed E-state index contributed by atoms with van der Waals surface area (Å²) in [5.74, 6) is 0. The smallest absolute Gasteiger partial charge is 0.319 e. The van der Waals surface area contributed by atoms with Gasteiger partial charge >= 0.3 is 6.03 Å². The van der Waals surface area contributed by atoms with Gasteiger partial charge in [-0.05, 0) is 37.1 Å². The van der Waals surface area contributed by atoms with Gasteiger partial charge < -0.3 is 15.4 Å². The fraction of sp³-hybridized carbons (Fsp3) is 0.278. The number of hydrogen-bond donors (Lipinski definition) is 2. The number of carbonyl (C=O) groups is 1. The molecule has 0 spiro atoms. The minimum atomic E-state index is -0.260. The summed E-state index contributed by atoms with van der Waals surface area (Å²) in [5.41, 5.74) is 2.63. The number of amides is 2. The summed E-state index contributed by atoms with van der Waals surface area (Å²) in [6.07, 6.45) is 0.629.